The molecule has 0 radical (unpaired) electrons. The lowest BCUT2D eigenvalue weighted by Gasteiger charge is -2.17. The predicted molar refractivity (Wildman–Crippen MR) is 61.0 cm³/mol. The van der Waals surface area contributed by atoms with Crippen molar-refractivity contribution in [2.24, 2.45) is 11.8 Å². The Morgan fingerprint density at radius 3 is 2.28 bits per heavy atom. The van der Waals surface area contributed by atoms with Gasteiger partial charge in [0.25, 0.3) is 0 Å². The molecule has 1 atom stereocenters. The van der Waals surface area contributed by atoms with Gasteiger partial charge >= 0.3 is 5.97 Å². The van der Waals surface area contributed by atoms with E-state index in [4.69, 9.17) is 0 Å². The van der Waals surface area contributed by atoms with Gasteiger partial charge in [-0.15, -0.1) is 0 Å². The number of ether oxygens (including phenoxy) is 1. The quantitative estimate of drug-likeness (QED) is 0.472. The summed E-state index contributed by atoms with van der Waals surface area (Å²) < 4.78 is 30.8. The van der Waals surface area contributed by atoms with Crippen LogP contribution in [0, 0.1) is 23.5 Å². The zero-order valence-corrected chi connectivity index (χ0v) is 10.4. The number of rotatable bonds is 4. The van der Waals surface area contributed by atoms with Crippen LogP contribution in [0.1, 0.15) is 24.2 Å². The molecule has 0 heterocycles. The second-order valence-corrected chi connectivity index (χ2v) is 4.23. The Labute approximate surface area is 104 Å². The van der Waals surface area contributed by atoms with E-state index in [9.17, 15) is 18.4 Å². The highest BCUT2D eigenvalue weighted by atomic mass is 19.1. The van der Waals surface area contributed by atoms with Gasteiger partial charge in [-0.3, -0.25) is 9.59 Å². The van der Waals surface area contributed by atoms with Crippen molar-refractivity contribution >= 4 is 11.8 Å². The maximum atomic E-state index is 13.5. The SMILES string of the molecule is COC(=O)C(C(=O)c1ccc(F)cc1F)C(C)C. The molecule has 1 aromatic rings. The zero-order valence-electron chi connectivity index (χ0n) is 10.4. The van der Waals surface area contributed by atoms with Gasteiger partial charge in [-0.2, -0.15) is 0 Å². The predicted octanol–water partition coefficient (Wildman–Crippen LogP) is 2.59. The first-order valence-electron chi connectivity index (χ1n) is 5.45. The number of esters is 1. The second kappa shape index (κ2) is 5.71. The summed E-state index contributed by atoms with van der Waals surface area (Å²) >= 11 is 0. The van der Waals surface area contributed by atoms with E-state index in [1.54, 1.807) is 13.8 Å². The highest BCUT2D eigenvalue weighted by Crippen LogP contribution is 2.21. The van der Waals surface area contributed by atoms with Gasteiger partial charge in [-0.25, -0.2) is 8.78 Å². The van der Waals surface area contributed by atoms with E-state index in [2.05, 4.69) is 4.74 Å². The molecule has 0 aliphatic heterocycles. The number of halogens is 2. The molecule has 0 amide bonds. The molecule has 0 saturated heterocycles. The molecule has 0 bridgehead atoms. The first-order valence-corrected chi connectivity index (χ1v) is 5.45. The molecule has 0 aromatic heterocycles. The van der Waals surface area contributed by atoms with Crippen LogP contribution in [-0.4, -0.2) is 18.9 Å². The Kier molecular flexibility index (Phi) is 4.53. The van der Waals surface area contributed by atoms with Crippen LogP contribution in [0.15, 0.2) is 18.2 Å². The fourth-order valence-electron chi connectivity index (χ4n) is 1.67. The Hall–Kier alpha value is -1.78. The van der Waals surface area contributed by atoms with Crippen molar-refractivity contribution in [3.05, 3.63) is 35.4 Å². The lowest BCUT2D eigenvalue weighted by molar-refractivity contribution is -0.144. The molecule has 0 fully saturated rings. The Balaban J connectivity index is 3.14. The van der Waals surface area contributed by atoms with Crippen molar-refractivity contribution in [1.82, 2.24) is 0 Å². The fraction of sp³-hybridized carbons (Fsp3) is 0.385. The topological polar surface area (TPSA) is 43.4 Å². The van der Waals surface area contributed by atoms with Crippen molar-refractivity contribution in [2.75, 3.05) is 7.11 Å². The number of methoxy groups -OCH3 is 1. The van der Waals surface area contributed by atoms with Gasteiger partial charge in [-0.05, 0) is 18.1 Å². The third-order valence-corrected chi connectivity index (χ3v) is 2.60. The summed E-state index contributed by atoms with van der Waals surface area (Å²) in [6, 6.07) is 2.62. The van der Waals surface area contributed by atoms with Crippen LogP contribution >= 0.6 is 0 Å². The van der Waals surface area contributed by atoms with E-state index < -0.39 is 29.3 Å². The fourth-order valence-corrected chi connectivity index (χ4v) is 1.67. The van der Waals surface area contributed by atoms with Crippen LogP contribution in [0.25, 0.3) is 0 Å². The second-order valence-electron chi connectivity index (χ2n) is 4.23. The highest BCUT2D eigenvalue weighted by Gasteiger charge is 2.32. The van der Waals surface area contributed by atoms with Crippen LogP contribution in [0.3, 0.4) is 0 Å². The largest absolute Gasteiger partial charge is 0.468 e. The minimum Gasteiger partial charge on any atom is -0.468 e. The van der Waals surface area contributed by atoms with Gasteiger partial charge in [0, 0.05) is 6.07 Å². The van der Waals surface area contributed by atoms with Crippen LogP contribution in [0.5, 0.6) is 0 Å². The Morgan fingerprint density at radius 1 is 1.22 bits per heavy atom. The summed E-state index contributed by atoms with van der Waals surface area (Å²) in [6.07, 6.45) is 0. The summed E-state index contributed by atoms with van der Waals surface area (Å²) in [5.74, 6) is -4.60. The molecule has 1 unspecified atom stereocenters. The molecule has 0 aliphatic rings. The van der Waals surface area contributed by atoms with Gasteiger partial charge in [-0.1, -0.05) is 13.8 Å². The molecule has 3 nitrogen and oxygen atoms in total. The minimum absolute atomic E-state index is 0.305. The van der Waals surface area contributed by atoms with Gasteiger partial charge in [0.1, 0.15) is 17.6 Å². The number of ketones is 1. The maximum Gasteiger partial charge on any atom is 0.316 e. The first-order chi connectivity index (χ1) is 8.38. The number of carbonyl (C=O) groups excluding carboxylic acids is 2. The van der Waals surface area contributed by atoms with Crippen molar-refractivity contribution in [3.8, 4) is 0 Å². The highest BCUT2D eigenvalue weighted by molar-refractivity contribution is 6.08. The molecule has 18 heavy (non-hydrogen) atoms. The van der Waals surface area contributed by atoms with Crippen molar-refractivity contribution in [1.29, 1.82) is 0 Å². The lowest BCUT2D eigenvalue weighted by atomic mass is 9.88. The molecule has 0 saturated carbocycles. The smallest absolute Gasteiger partial charge is 0.316 e. The van der Waals surface area contributed by atoms with E-state index >= 15 is 0 Å². The third-order valence-electron chi connectivity index (χ3n) is 2.60. The molecule has 1 rings (SSSR count). The number of benzene rings is 1. The number of hydrogen-bond donors (Lipinski definition) is 0. The van der Waals surface area contributed by atoms with Gasteiger partial charge < -0.3 is 4.74 Å². The molecule has 0 spiro atoms. The summed E-state index contributed by atoms with van der Waals surface area (Å²) in [4.78, 5) is 23.6. The normalized spacial score (nSPS) is 12.3. The summed E-state index contributed by atoms with van der Waals surface area (Å²) in [5.41, 5.74) is -0.305. The van der Waals surface area contributed by atoms with Gasteiger partial charge in [0.05, 0.1) is 12.7 Å². The van der Waals surface area contributed by atoms with Crippen molar-refractivity contribution in [3.63, 3.8) is 0 Å². The molecule has 1 aromatic carbocycles. The Bertz CT molecular complexity index is 469. The first kappa shape index (κ1) is 14.3. The van der Waals surface area contributed by atoms with Crippen LogP contribution < -0.4 is 0 Å². The zero-order chi connectivity index (χ0) is 13.9. The van der Waals surface area contributed by atoms with Crippen molar-refractivity contribution in [2.45, 2.75) is 13.8 Å². The average molecular weight is 256 g/mol. The van der Waals surface area contributed by atoms with Crippen LogP contribution in [-0.2, 0) is 9.53 Å². The van der Waals surface area contributed by atoms with Crippen LogP contribution in [0.4, 0.5) is 8.78 Å². The Morgan fingerprint density at radius 2 is 1.83 bits per heavy atom. The number of hydrogen-bond acceptors (Lipinski definition) is 3. The molecule has 5 heteroatoms. The number of Topliss-reactive ketones (excluding diaryl/α,β-unsaturated/α-hetero) is 1. The van der Waals surface area contributed by atoms with Gasteiger partial charge in [0.15, 0.2) is 5.78 Å². The third kappa shape index (κ3) is 2.91. The molecular weight excluding hydrogens is 242 g/mol. The van der Waals surface area contributed by atoms with Gasteiger partial charge in [0.2, 0.25) is 0 Å². The van der Waals surface area contributed by atoms with E-state index in [0.29, 0.717) is 6.07 Å². The standard InChI is InChI=1S/C13H14F2O3/c1-7(2)11(13(17)18-3)12(16)9-5-4-8(14)6-10(9)15/h4-7,11H,1-3H3. The summed E-state index contributed by atoms with van der Waals surface area (Å²) in [6.45, 7) is 3.31. The molecule has 98 valence electrons. The average Bonchev–Trinajstić information content (AvgIpc) is 2.28. The summed E-state index contributed by atoms with van der Waals surface area (Å²) in [7, 11) is 1.16. The van der Waals surface area contributed by atoms with Crippen LogP contribution in [0.2, 0.25) is 0 Å². The lowest BCUT2D eigenvalue weighted by Crippen LogP contribution is -2.30. The van der Waals surface area contributed by atoms with E-state index in [1.165, 1.54) is 0 Å². The van der Waals surface area contributed by atoms with Crippen molar-refractivity contribution < 1.29 is 23.1 Å². The van der Waals surface area contributed by atoms with E-state index in [0.717, 1.165) is 19.2 Å². The minimum atomic E-state index is -1.09. The van der Waals surface area contributed by atoms with E-state index in [1.807, 2.05) is 0 Å². The van der Waals surface area contributed by atoms with E-state index in [-0.39, 0.29) is 11.5 Å². The number of carbonyl (C=O) groups is 2. The molecule has 0 aliphatic carbocycles. The summed E-state index contributed by atoms with van der Waals surface area (Å²) in [5, 5.41) is 0. The molecule has 0 N–H and O–H groups in total. The monoisotopic (exact) mass is 256 g/mol. The molecular formula is C13H14F2O3. The maximum absolute atomic E-state index is 13.5.